The number of carbonyl (C=O) groups is 1. The summed E-state index contributed by atoms with van der Waals surface area (Å²) < 4.78 is 10.4. The predicted molar refractivity (Wildman–Crippen MR) is 81.7 cm³/mol. The SMILES string of the molecule is CN([C@@H]1CCCN(Cc2noc(C3CC3)n2)C1)[C@@H]1CCOC1=O. The Morgan fingerprint density at radius 1 is 1.30 bits per heavy atom. The molecular formula is C16H24N4O3. The predicted octanol–water partition coefficient (Wildman–Crippen LogP) is 1.16. The van der Waals surface area contributed by atoms with Gasteiger partial charge in [0, 0.05) is 24.9 Å². The van der Waals surface area contributed by atoms with Crippen LogP contribution in [0.4, 0.5) is 0 Å². The summed E-state index contributed by atoms with van der Waals surface area (Å²) in [6, 6.07) is 0.306. The van der Waals surface area contributed by atoms with Crippen LogP contribution in [0.15, 0.2) is 4.52 Å². The number of piperidine rings is 1. The highest BCUT2D eigenvalue weighted by Crippen LogP contribution is 2.38. The fraction of sp³-hybridized carbons (Fsp3) is 0.812. The van der Waals surface area contributed by atoms with Crippen LogP contribution in [-0.2, 0) is 16.1 Å². The molecule has 0 amide bonds. The van der Waals surface area contributed by atoms with Crippen molar-refractivity contribution in [3.63, 3.8) is 0 Å². The molecule has 0 spiro atoms. The summed E-state index contributed by atoms with van der Waals surface area (Å²) in [6.07, 6.45) is 5.41. The van der Waals surface area contributed by atoms with Gasteiger partial charge in [0.05, 0.1) is 13.2 Å². The molecule has 2 saturated heterocycles. The van der Waals surface area contributed by atoms with Crippen molar-refractivity contribution in [3.8, 4) is 0 Å². The highest BCUT2D eigenvalue weighted by molar-refractivity contribution is 5.77. The van der Waals surface area contributed by atoms with Gasteiger partial charge in [0.1, 0.15) is 6.04 Å². The number of likely N-dealkylation sites (N-methyl/N-ethyl adjacent to an activating group) is 1. The van der Waals surface area contributed by atoms with Crippen molar-refractivity contribution < 1.29 is 14.1 Å². The number of esters is 1. The van der Waals surface area contributed by atoms with Gasteiger partial charge in [-0.2, -0.15) is 4.98 Å². The Morgan fingerprint density at radius 2 is 2.17 bits per heavy atom. The van der Waals surface area contributed by atoms with E-state index in [9.17, 15) is 4.79 Å². The molecule has 3 heterocycles. The van der Waals surface area contributed by atoms with E-state index in [2.05, 4.69) is 19.9 Å². The van der Waals surface area contributed by atoms with Gasteiger partial charge in [-0.15, -0.1) is 0 Å². The van der Waals surface area contributed by atoms with Crippen molar-refractivity contribution in [2.75, 3.05) is 26.7 Å². The summed E-state index contributed by atoms with van der Waals surface area (Å²) in [7, 11) is 2.05. The first-order chi connectivity index (χ1) is 11.2. The average molecular weight is 320 g/mol. The number of hydrogen-bond donors (Lipinski definition) is 0. The number of aromatic nitrogens is 2. The van der Waals surface area contributed by atoms with E-state index in [1.807, 2.05) is 7.05 Å². The lowest BCUT2D eigenvalue weighted by atomic mass is 10.0. The molecule has 4 rings (SSSR count). The van der Waals surface area contributed by atoms with Crippen molar-refractivity contribution in [2.45, 2.75) is 56.7 Å². The summed E-state index contributed by atoms with van der Waals surface area (Å²) >= 11 is 0. The molecule has 0 radical (unpaired) electrons. The van der Waals surface area contributed by atoms with E-state index in [0.29, 0.717) is 18.6 Å². The maximum Gasteiger partial charge on any atom is 0.323 e. The van der Waals surface area contributed by atoms with E-state index < -0.39 is 0 Å². The van der Waals surface area contributed by atoms with Gasteiger partial charge in [0.25, 0.3) is 0 Å². The van der Waals surface area contributed by atoms with Gasteiger partial charge in [-0.25, -0.2) is 0 Å². The fourth-order valence-electron chi connectivity index (χ4n) is 3.64. The number of rotatable bonds is 5. The van der Waals surface area contributed by atoms with E-state index in [4.69, 9.17) is 9.26 Å². The zero-order valence-electron chi connectivity index (χ0n) is 13.6. The van der Waals surface area contributed by atoms with Gasteiger partial charge >= 0.3 is 5.97 Å². The van der Waals surface area contributed by atoms with E-state index in [1.54, 1.807) is 0 Å². The number of hydrogen-bond acceptors (Lipinski definition) is 7. The van der Waals surface area contributed by atoms with Crippen LogP contribution >= 0.6 is 0 Å². The summed E-state index contributed by atoms with van der Waals surface area (Å²) in [4.78, 5) is 20.9. The average Bonchev–Trinajstić information content (AvgIpc) is 3.16. The molecule has 7 heteroatoms. The number of likely N-dealkylation sites (tertiary alicyclic amines) is 1. The Morgan fingerprint density at radius 3 is 2.91 bits per heavy atom. The molecule has 1 aliphatic carbocycles. The Balaban J connectivity index is 1.35. The van der Waals surface area contributed by atoms with Crippen LogP contribution in [0.1, 0.15) is 49.7 Å². The third-order valence-corrected chi connectivity index (χ3v) is 5.23. The fourth-order valence-corrected chi connectivity index (χ4v) is 3.64. The Labute approximate surface area is 136 Å². The molecular weight excluding hydrogens is 296 g/mol. The third-order valence-electron chi connectivity index (χ3n) is 5.23. The maximum absolute atomic E-state index is 11.8. The molecule has 7 nitrogen and oxygen atoms in total. The molecule has 3 aliphatic rings. The van der Waals surface area contributed by atoms with E-state index in [0.717, 1.165) is 50.6 Å². The van der Waals surface area contributed by atoms with Crippen LogP contribution < -0.4 is 0 Å². The molecule has 0 unspecified atom stereocenters. The Hall–Kier alpha value is -1.47. The topological polar surface area (TPSA) is 71.7 Å². The summed E-state index contributed by atoms with van der Waals surface area (Å²) in [5.74, 6) is 2.02. The van der Waals surface area contributed by atoms with E-state index in [1.165, 1.54) is 12.8 Å². The lowest BCUT2D eigenvalue weighted by Gasteiger charge is -2.38. The largest absolute Gasteiger partial charge is 0.464 e. The van der Waals surface area contributed by atoms with Gasteiger partial charge in [0.15, 0.2) is 5.82 Å². The smallest absolute Gasteiger partial charge is 0.323 e. The molecule has 0 aromatic carbocycles. The second-order valence-corrected chi connectivity index (χ2v) is 6.99. The molecule has 1 aromatic rings. The molecule has 1 aromatic heterocycles. The van der Waals surface area contributed by atoms with Crippen molar-refractivity contribution >= 4 is 5.97 Å². The Kier molecular flexibility index (Phi) is 4.07. The number of cyclic esters (lactones) is 1. The van der Waals surface area contributed by atoms with Crippen LogP contribution in [-0.4, -0.2) is 64.7 Å². The third kappa shape index (κ3) is 3.26. The molecule has 126 valence electrons. The molecule has 0 bridgehead atoms. The summed E-state index contributed by atoms with van der Waals surface area (Å²) in [6.45, 7) is 3.27. The minimum atomic E-state index is -0.0772. The van der Waals surface area contributed by atoms with Crippen LogP contribution in [0.25, 0.3) is 0 Å². The highest BCUT2D eigenvalue weighted by atomic mass is 16.5. The number of nitrogens with zero attached hydrogens (tertiary/aromatic N) is 4. The monoisotopic (exact) mass is 320 g/mol. The standard InChI is InChI=1S/C16H24N4O3/c1-19(13-6-8-22-16(13)21)12-3-2-7-20(9-12)10-14-17-15(23-18-14)11-4-5-11/h11-13H,2-10H2,1H3/t12-,13-/m1/s1. The number of carbonyl (C=O) groups excluding carboxylic acids is 1. The number of ether oxygens (including phenoxy) is 1. The van der Waals surface area contributed by atoms with E-state index >= 15 is 0 Å². The quantitative estimate of drug-likeness (QED) is 0.754. The molecule has 2 aliphatic heterocycles. The highest BCUT2D eigenvalue weighted by Gasteiger charge is 2.36. The van der Waals surface area contributed by atoms with E-state index in [-0.39, 0.29) is 12.0 Å². The Bertz CT molecular complexity index is 571. The van der Waals surface area contributed by atoms with Crippen molar-refractivity contribution in [1.82, 2.24) is 19.9 Å². The van der Waals surface area contributed by atoms with Crippen LogP contribution in [0, 0.1) is 0 Å². The van der Waals surface area contributed by atoms with Crippen LogP contribution in [0.2, 0.25) is 0 Å². The second-order valence-electron chi connectivity index (χ2n) is 6.99. The van der Waals surface area contributed by atoms with Crippen molar-refractivity contribution in [1.29, 1.82) is 0 Å². The minimum Gasteiger partial charge on any atom is -0.464 e. The molecule has 1 saturated carbocycles. The van der Waals surface area contributed by atoms with Gasteiger partial charge in [-0.05, 0) is 39.3 Å². The maximum atomic E-state index is 11.8. The zero-order valence-corrected chi connectivity index (χ0v) is 13.6. The van der Waals surface area contributed by atoms with Gasteiger partial charge in [0.2, 0.25) is 5.89 Å². The second kappa shape index (κ2) is 6.20. The summed E-state index contributed by atoms with van der Waals surface area (Å²) in [5, 5.41) is 4.12. The first-order valence-electron chi connectivity index (χ1n) is 8.64. The van der Waals surface area contributed by atoms with Gasteiger partial charge < -0.3 is 9.26 Å². The first kappa shape index (κ1) is 15.1. The van der Waals surface area contributed by atoms with Crippen LogP contribution in [0.5, 0.6) is 0 Å². The molecule has 0 N–H and O–H groups in total. The van der Waals surface area contributed by atoms with Gasteiger partial charge in [-0.3, -0.25) is 14.6 Å². The van der Waals surface area contributed by atoms with Crippen LogP contribution in [0.3, 0.4) is 0 Å². The van der Waals surface area contributed by atoms with Crippen molar-refractivity contribution in [2.24, 2.45) is 0 Å². The normalized spacial score (nSPS) is 29.2. The lowest BCUT2D eigenvalue weighted by molar-refractivity contribution is -0.142. The molecule has 23 heavy (non-hydrogen) atoms. The van der Waals surface area contributed by atoms with Crippen molar-refractivity contribution in [3.05, 3.63) is 11.7 Å². The van der Waals surface area contributed by atoms with Gasteiger partial charge in [-0.1, -0.05) is 5.16 Å². The zero-order chi connectivity index (χ0) is 15.8. The first-order valence-corrected chi connectivity index (χ1v) is 8.64. The molecule has 2 atom stereocenters. The summed E-state index contributed by atoms with van der Waals surface area (Å²) in [5.41, 5.74) is 0. The molecule has 3 fully saturated rings. The minimum absolute atomic E-state index is 0.0723. The lowest BCUT2D eigenvalue weighted by Crippen LogP contribution is -2.50.